The van der Waals surface area contributed by atoms with E-state index in [2.05, 4.69) is 28.2 Å². The molecule has 1 N–H and O–H groups in total. The van der Waals surface area contributed by atoms with Gasteiger partial charge in [-0.15, -0.1) is 0 Å². The molecule has 1 aromatic heterocycles. The summed E-state index contributed by atoms with van der Waals surface area (Å²) in [5.74, 6) is 5.86. The highest BCUT2D eigenvalue weighted by Crippen LogP contribution is 2.75. The first-order valence-electron chi connectivity index (χ1n) is 11.8. The first-order chi connectivity index (χ1) is 15.2. The van der Waals surface area contributed by atoms with Crippen LogP contribution in [0.3, 0.4) is 0 Å². The second kappa shape index (κ2) is 7.48. The van der Waals surface area contributed by atoms with E-state index >= 15 is 0 Å². The topological polar surface area (TPSA) is 62.8 Å². The summed E-state index contributed by atoms with van der Waals surface area (Å²) >= 11 is 0. The smallest absolute Gasteiger partial charge is 0.223 e. The van der Waals surface area contributed by atoms with Crippen molar-refractivity contribution in [3.05, 3.63) is 17.8 Å². The first-order valence-corrected chi connectivity index (χ1v) is 11.8. The zero-order valence-corrected chi connectivity index (χ0v) is 18.8. The maximum Gasteiger partial charge on any atom is 0.223 e. The molecular weight excluding hydrogens is 390 g/mol. The highest BCUT2D eigenvalue weighted by molar-refractivity contribution is 5.86. The highest BCUT2D eigenvalue weighted by atomic mass is 16.5. The molecule has 2 unspecified atom stereocenters. The summed E-state index contributed by atoms with van der Waals surface area (Å²) in [7, 11) is 5.78. The predicted molar refractivity (Wildman–Crippen MR) is 121 cm³/mol. The van der Waals surface area contributed by atoms with Gasteiger partial charge in [-0.25, -0.2) is 9.97 Å². The van der Waals surface area contributed by atoms with Crippen LogP contribution in [0.15, 0.2) is 12.1 Å². The molecule has 5 aliphatic rings. The van der Waals surface area contributed by atoms with E-state index in [0.29, 0.717) is 18.5 Å². The fourth-order valence-corrected chi connectivity index (χ4v) is 6.08. The van der Waals surface area contributed by atoms with Gasteiger partial charge in [-0.05, 0) is 63.2 Å². The number of piperidine rings is 2. The fraction of sp³-hybridized carbons (Fsp3) is 0.667. The zero-order chi connectivity index (χ0) is 21.1. The number of aromatic nitrogens is 2. The van der Waals surface area contributed by atoms with Gasteiger partial charge in [-0.2, -0.15) is 0 Å². The van der Waals surface area contributed by atoms with Gasteiger partial charge in [0.1, 0.15) is 0 Å². The van der Waals surface area contributed by atoms with Crippen LogP contribution in [0.4, 0.5) is 5.95 Å². The lowest BCUT2D eigenvalue weighted by Crippen LogP contribution is -2.29. The summed E-state index contributed by atoms with van der Waals surface area (Å²) < 4.78 is 11.9. The van der Waals surface area contributed by atoms with Gasteiger partial charge in [0, 0.05) is 43.5 Å². The van der Waals surface area contributed by atoms with E-state index in [9.17, 15) is 0 Å². The van der Waals surface area contributed by atoms with Gasteiger partial charge in [0.05, 0.1) is 24.9 Å². The average molecular weight is 424 g/mol. The minimum Gasteiger partial charge on any atom is -0.493 e. The monoisotopic (exact) mass is 423 g/mol. The maximum atomic E-state index is 6.19. The molecule has 2 atom stereocenters. The third kappa shape index (κ3) is 3.33. The Hall–Kier alpha value is -2.12. The lowest BCUT2D eigenvalue weighted by atomic mass is 9.91. The van der Waals surface area contributed by atoms with Gasteiger partial charge < -0.3 is 19.7 Å². The number of methoxy groups -OCH3 is 1. The van der Waals surface area contributed by atoms with Crippen LogP contribution in [0, 0.1) is 17.8 Å². The zero-order valence-electron chi connectivity index (χ0n) is 18.8. The van der Waals surface area contributed by atoms with Crippen molar-refractivity contribution in [2.75, 3.05) is 59.3 Å². The Bertz CT molecular complexity index is 973. The van der Waals surface area contributed by atoms with Gasteiger partial charge in [0.15, 0.2) is 11.5 Å². The van der Waals surface area contributed by atoms with Crippen LogP contribution in [-0.2, 0) is 0 Å². The minimum atomic E-state index is 0.444. The molecule has 7 nitrogen and oxygen atoms in total. The van der Waals surface area contributed by atoms with E-state index in [1.54, 1.807) is 7.11 Å². The van der Waals surface area contributed by atoms with Crippen LogP contribution in [0.2, 0.25) is 0 Å². The number of benzene rings is 1. The van der Waals surface area contributed by atoms with Crippen LogP contribution in [0.5, 0.6) is 11.5 Å². The van der Waals surface area contributed by atoms with Crippen molar-refractivity contribution >= 4 is 16.9 Å². The second-order valence-corrected chi connectivity index (χ2v) is 9.79. The molecule has 4 heterocycles. The van der Waals surface area contributed by atoms with Gasteiger partial charge in [-0.1, -0.05) is 0 Å². The Kier molecular flexibility index (Phi) is 4.72. The Morgan fingerprint density at radius 3 is 2.61 bits per heavy atom. The van der Waals surface area contributed by atoms with Gasteiger partial charge >= 0.3 is 0 Å². The number of hydrogen-bond acceptors (Lipinski definition) is 7. The third-order valence-corrected chi connectivity index (χ3v) is 7.99. The Labute approximate surface area is 184 Å². The van der Waals surface area contributed by atoms with E-state index in [1.807, 2.05) is 13.1 Å². The van der Waals surface area contributed by atoms with Crippen LogP contribution < -0.4 is 14.8 Å². The lowest BCUT2D eigenvalue weighted by Gasteiger charge is -2.29. The minimum absolute atomic E-state index is 0.444. The molecule has 3 saturated heterocycles. The molecule has 166 valence electrons. The molecule has 2 bridgehead atoms. The number of anilines is 1. The molecule has 2 aliphatic carbocycles. The Balaban J connectivity index is 1.21. The molecule has 0 radical (unpaired) electrons. The van der Waals surface area contributed by atoms with Crippen molar-refractivity contribution < 1.29 is 9.47 Å². The molecule has 7 rings (SSSR count). The molecule has 2 saturated carbocycles. The van der Waals surface area contributed by atoms with Gasteiger partial charge in [-0.3, -0.25) is 4.90 Å². The van der Waals surface area contributed by atoms with E-state index in [-0.39, 0.29) is 0 Å². The summed E-state index contributed by atoms with van der Waals surface area (Å²) in [5.41, 5.74) is 2.05. The molecule has 3 aliphatic heterocycles. The van der Waals surface area contributed by atoms with Crippen LogP contribution in [-0.4, -0.2) is 79.8 Å². The van der Waals surface area contributed by atoms with E-state index in [4.69, 9.17) is 19.4 Å². The van der Waals surface area contributed by atoms with Crippen molar-refractivity contribution in [1.82, 2.24) is 19.8 Å². The van der Waals surface area contributed by atoms with E-state index < -0.39 is 0 Å². The molecule has 0 spiro atoms. The average Bonchev–Trinajstić information content (AvgIpc) is 3.62. The van der Waals surface area contributed by atoms with Crippen molar-refractivity contribution in [3.63, 3.8) is 0 Å². The second-order valence-electron chi connectivity index (χ2n) is 9.79. The SMILES string of the molecule is CNc1nc(C2CCN(C)CC2)c2cc(OC)c(OCCCN3CC4C5C4C53)cc2n1. The number of ether oxygens (including phenoxy) is 2. The van der Waals surface area contributed by atoms with Crippen molar-refractivity contribution in [3.8, 4) is 11.5 Å². The van der Waals surface area contributed by atoms with E-state index in [0.717, 1.165) is 90.8 Å². The molecule has 5 fully saturated rings. The maximum absolute atomic E-state index is 6.19. The quantitative estimate of drug-likeness (QED) is 0.655. The van der Waals surface area contributed by atoms with Crippen LogP contribution in [0.1, 0.15) is 30.9 Å². The number of hydrogen-bond donors (Lipinski definition) is 1. The number of rotatable bonds is 8. The molecule has 1 aromatic carbocycles. The third-order valence-electron chi connectivity index (χ3n) is 7.99. The van der Waals surface area contributed by atoms with Crippen molar-refractivity contribution in [1.29, 1.82) is 0 Å². The van der Waals surface area contributed by atoms with Crippen LogP contribution >= 0.6 is 0 Å². The van der Waals surface area contributed by atoms with Crippen molar-refractivity contribution in [2.45, 2.75) is 31.2 Å². The van der Waals surface area contributed by atoms with Gasteiger partial charge in [0.2, 0.25) is 5.95 Å². The molecule has 31 heavy (non-hydrogen) atoms. The summed E-state index contributed by atoms with van der Waals surface area (Å²) in [6, 6.07) is 5.04. The normalized spacial score (nSPS) is 29.8. The van der Waals surface area contributed by atoms with E-state index in [1.165, 1.54) is 6.54 Å². The first kappa shape index (κ1) is 19.6. The summed E-state index contributed by atoms with van der Waals surface area (Å²) in [4.78, 5) is 14.7. The molecule has 7 heteroatoms. The summed E-state index contributed by atoms with van der Waals surface area (Å²) in [6.07, 6.45) is 3.29. The number of fused-ring (bicyclic) bond motifs is 2. The fourth-order valence-electron chi connectivity index (χ4n) is 6.08. The van der Waals surface area contributed by atoms with Crippen LogP contribution in [0.25, 0.3) is 10.9 Å². The largest absolute Gasteiger partial charge is 0.493 e. The predicted octanol–water partition coefficient (Wildman–Crippen LogP) is 2.82. The molecule has 2 aromatic rings. The molecule has 0 amide bonds. The Morgan fingerprint density at radius 2 is 1.94 bits per heavy atom. The lowest BCUT2D eigenvalue weighted by molar-refractivity contribution is 0.248. The number of nitrogens with one attached hydrogen (secondary N) is 1. The highest BCUT2D eigenvalue weighted by Gasteiger charge is 2.79. The van der Waals surface area contributed by atoms with Gasteiger partial charge in [0.25, 0.3) is 0 Å². The number of nitrogens with zero attached hydrogens (tertiary/aromatic N) is 4. The molecular formula is C24H33N5O2. The Morgan fingerprint density at radius 1 is 1.13 bits per heavy atom. The summed E-state index contributed by atoms with van der Waals surface area (Å²) in [5, 5.41) is 4.22. The number of likely N-dealkylation sites (tertiary alicyclic amines) is 1. The summed E-state index contributed by atoms with van der Waals surface area (Å²) in [6.45, 7) is 5.38. The standard InChI is InChI=1S/C24H33N5O2/c1-25-24-26-17-12-19(31-10-4-7-29-13-16-20-21(16)23(20)29)18(30-3)11-15(17)22(27-24)14-5-8-28(2)9-6-14/h11-12,14,16,20-21,23H,4-10,13H2,1-3H3,(H,25,26,27). The van der Waals surface area contributed by atoms with Crippen molar-refractivity contribution in [2.24, 2.45) is 17.8 Å².